The van der Waals surface area contributed by atoms with Crippen LogP contribution in [0.15, 0.2) is 41.2 Å². The summed E-state index contributed by atoms with van der Waals surface area (Å²) in [4.78, 5) is 16.8. The summed E-state index contributed by atoms with van der Waals surface area (Å²) in [5.41, 5.74) is 5.84. The number of imidazole rings is 1. The number of rotatable bonds is 2. The van der Waals surface area contributed by atoms with E-state index in [1.54, 1.807) is 0 Å². The van der Waals surface area contributed by atoms with Gasteiger partial charge in [-0.3, -0.25) is 0 Å². The van der Waals surface area contributed by atoms with Crippen LogP contribution in [0.5, 0.6) is 0 Å². The number of H-pyrrole nitrogens is 2. The number of hydrogen-bond acceptors (Lipinski definition) is 1. The summed E-state index contributed by atoms with van der Waals surface area (Å²) >= 11 is 6.65. The largest absolute Gasteiger partial charge is 0.323 e. The van der Waals surface area contributed by atoms with E-state index in [-0.39, 0.29) is 11.1 Å². The molecular weight excluding hydrogens is 272 g/mol. The highest BCUT2D eigenvalue weighted by atomic mass is 35.5. The van der Waals surface area contributed by atoms with Crippen LogP contribution < -0.4 is 5.69 Å². The van der Waals surface area contributed by atoms with Gasteiger partial charge in [0.05, 0.1) is 16.4 Å². The Morgan fingerprint density at radius 1 is 1.00 bits per heavy atom. The molecule has 0 radical (unpaired) electrons. The van der Waals surface area contributed by atoms with Crippen molar-refractivity contribution in [3.05, 3.63) is 69.1 Å². The number of nitrogens with one attached hydrogen (secondary N) is 2. The monoisotopic (exact) mass is 286 g/mol. The Morgan fingerprint density at radius 2 is 1.65 bits per heavy atom. The fourth-order valence-corrected chi connectivity index (χ4v) is 3.08. The average Bonchev–Trinajstić information content (AvgIpc) is 2.77. The second-order valence-electron chi connectivity index (χ2n) is 5.05. The zero-order valence-corrected chi connectivity index (χ0v) is 12.1. The second kappa shape index (κ2) is 4.84. The maximum absolute atomic E-state index is 11.3. The molecule has 2 N–H and O–H groups in total. The van der Waals surface area contributed by atoms with Crippen LogP contribution in [0.1, 0.15) is 27.6 Å². The van der Waals surface area contributed by atoms with Crippen molar-refractivity contribution in [2.45, 2.75) is 19.2 Å². The van der Waals surface area contributed by atoms with Gasteiger partial charge in [-0.2, -0.15) is 0 Å². The molecule has 3 aromatic rings. The lowest BCUT2D eigenvalue weighted by Gasteiger charge is -2.16. The number of fused-ring (bicyclic) bond motifs is 1. The Bertz CT molecular complexity index is 812. The first-order chi connectivity index (χ1) is 9.56. The summed E-state index contributed by atoms with van der Waals surface area (Å²) in [6.07, 6.45) is 0. The van der Waals surface area contributed by atoms with Crippen molar-refractivity contribution >= 4 is 22.6 Å². The molecule has 0 spiro atoms. The summed E-state index contributed by atoms with van der Waals surface area (Å²) in [5, 5.41) is -0.223. The third-order valence-corrected chi connectivity index (χ3v) is 4.10. The predicted molar refractivity (Wildman–Crippen MR) is 82.5 cm³/mol. The van der Waals surface area contributed by atoms with E-state index in [1.165, 1.54) is 11.1 Å². The highest BCUT2D eigenvalue weighted by Gasteiger charge is 2.16. The van der Waals surface area contributed by atoms with E-state index in [9.17, 15) is 4.79 Å². The smallest absolute Gasteiger partial charge is 0.306 e. The highest BCUT2D eigenvalue weighted by Crippen LogP contribution is 2.34. The molecule has 3 nitrogen and oxygen atoms in total. The lowest BCUT2D eigenvalue weighted by molar-refractivity contribution is 1.08. The molecule has 1 unspecified atom stereocenters. The minimum Gasteiger partial charge on any atom is -0.306 e. The molecule has 102 valence electrons. The van der Waals surface area contributed by atoms with Gasteiger partial charge in [0.1, 0.15) is 0 Å². The molecule has 0 fully saturated rings. The Kier molecular flexibility index (Phi) is 3.14. The van der Waals surface area contributed by atoms with E-state index in [4.69, 9.17) is 11.6 Å². The Morgan fingerprint density at radius 3 is 2.35 bits per heavy atom. The van der Waals surface area contributed by atoms with E-state index in [1.807, 2.05) is 24.3 Å². The minimum absolute atomic E-state index is 0.199. The van der Waals surface area contributed by atoms with E-state index >= 15 is 0 Å². The normalized spacial score (nSPS) is 12.8. The van der Waals surface area contributed by atoms with Crippen molar-refractivity contribution in [2.24, 2.45) is 0 Å². The average molecular weight is 287 g/mol. The molecule has 0 aliphatic rings. The summed E-state index contributed by atoms with van der Waals surface area (Å²) in [6.45, 7) is 4.13. The maximum atomic E-state index is 11.3. The molecule has 20 heavy (non-hydrogen) atoms. The molecule has 1 aromatic heterocycles. The van der Waals surface area contributed by atoms with Crippen molar-refractivity contribution in [1.82, 2.24) is 9.97 Å². The second-order valence-corrected chi connectivity index (χ2v) is 5.49. The van der Waals surface area contributed by atoms with Crippen molar-refractivity contribution < 1.29 is 0 Å². The lowest BCUT2D eigenvalue weighted by Crippen LogP contribution is -2.00. The third kappa shape index (κ3) is 2.14. The van der Waals surface area contributed by atoms with Crippen molar-refractivity contribution in [3.8, 4) is 0 Å². The quantitative estimate of drug-likeness (QED) is 0.692. The minimum atomic E-state index is -0.223. The third-order valence-electron chi connectivity index (χ3n) is 3.63. The standard InChI is InChI=1S/C16H15ClN2O/c1-9-4-3-5-10(2)14(9)15(17)11-6-7-12-13(8-11)19-16(20)18-12/h3-8,15H,1-2H3,(H2,18,19,20). The topological polar surface area (TPSA) is 48.6 Å². The van der Waals surface area contributed by atoms with E-state index in [0.717, 1.165) is 22.2 Å². The zero-order chi connectivity index (χ0) is 14.3. The number of benzene rings is 2. The van der Waals surface area contributed by atoms with Gasteiger partial charge in [0.15, 0.2) is 0 Å². The lowest BCUT2D eigenvalue weighted by atomic mass is 9.95. The van der Waals surface area contributed by atoms with Crippen LogP contribution in [-0.2, 0) is 0 Å². The molecule has 0 aliphatic heterocycles. The van der Waals surface area contributed by atoms with Crippen LogP contribution in [0.4, 0.5) is 0 Å². The molecule has 0 saturated carbocycles. The summed E-state index contributed by atoms with van der Waals surface area (Å²) < 4.78 is 0. The van der Waals surface area contributed by atoms with Crippen LogP contribution in [0.25, 0.3) is 11.0 Å². The molecule has 1 atom stereocenters. The van der Waals surface area contributed by atoms with Crippen molar-refractivity contribution in [3.63, 3.8) is 0 Å². The number of aromatic nitrogens is 2. The van der Waals surface area contributed by atoms with Gasteiger partial charge in [-0.25, -0.2) is 4.79 Å². The first-order valence-electron chi connectivity index (χ1n) is 6.48. The maximum Gasteiger partial charge on any atom is 0.323 e. The predicted octanol–water partition coefficient (Wildman–Crippen LogP) is 3.80. The van der Waals surface area contributed by atoms with Gasteiger partial charge in [0.25, 0.3) is 0 Å². The summed E-state index contributed by atoms with van der Waals surface area (Å²) in [5.74, 6) is 0. The van der Waals surface area contributed by atoms with E-state index in [2.05, 4.69) is 35.9 Å². The highest BCUT2D eigenvalue weighted by molar-refractivity contribution is 6.23. The Labute approximate surface area is 121 Å². The van der Waals surface area contributed by atoms with Gasteiger partial charge in [0, 0.05) is 0 Å². The molecule has 4 heteroatoms. The van der Waals surface area contributed by atoms with Crippen molar-refractivity contribution in [1.29, 1.82) is 0 Å². The number of halogens is 1. The van der Waals surface area contributed by atoms with Gasteiger partial charge < -0.3 is 9.97 Å². The summed E-state index contributed by atoms with van der Waals surface area (Å²) in [7, 11) is 0. The van der Waals surface area contributed by atoms with Crippen LogP contribution in [0.3, 0.4) is 0 Å². The van der Waals surface area contributed by atoms with E-state index in [0.29, 0.717) is 0 Å². The van der Waals surface area contributed by atoms with Gasteiger partial charge in [-0.15, -0.1) is 11.6 Å². The molecule has 0 amide bonds. The molecule has 0 bridgehead atoms. The van der Waals surface area contributed by atoms with Gasteiger partial charge in [-0.05, 0) is 48.2 Å². The summed E-state index contributed by atoms with van der Waals surface area (Å²) in [6, 6.07) is 11.9. The van der Waals surface area contributed by atoms with Crippen LogP contribution in [-0.4, -0.2) is 9.97 Å². The number of aromatic amines is 2. The fraction of sp³-hybridized carbons (Fsp3) is 0.188. The zero-order valence-electron chi connectivity index (χ0n) is 11.3. The number of alkyl halides is 1. The van der Waals surface area contributed by atoms with Crippen molar-refractivity contribution in [2.75, 3.05) is 0 Å². The van der Waals surface area contributed by atoms with Gasteiger partial charge in [0.2, 0.25) is 0 Å². The van der Waals surface area contributed by atoms with Gasteiger partial charge >= 0.3 is 5.69 Å². The van der Waals surface area contributed by atoms with Crippen LogP contribution >= 0.6 is 11.6 Å². The Balaban J connectivity index is 2.12. The van der Waals surface area contributed by atoms with Crippen LogP contribution in [0.2, 0.25) is 0 Å². The van der Waals surface area contributed by atoms with Gasteiger partial charge in [-0.1, -0.05) is 24.3 Å². The molecule has 0 saturated heterocycles. The molecule has 0 aliphatic carbocycles. The fourth-order valence-electron chi connectivity index (χ4n) is 2.60. The number of aryl methyl sites for hydroxylation is 2. The van der Waals surface area contributed by atoms with E-state index < -0.39 is 0 Å². The molecule has 1 heterocycles. The Hall–Kier alpha value is -2.00. The first-order valence-corrected chi connectivity index (χ1v) is 6.92. The molecule has 2 aromatic carbocycles. The number of hydrogen-bond donors (Lipinski definition) is 2. The first kappa shape index (κ1) is 13.0. The molecular formula is C16H15ClN2O. The SMILES string of the molecule is Cc1cccc(C)c1C(Cl)c1ccc2[nH]c(=O)[nH]c2c1. The molecule has 3 rings (SSSR count). The van der Waals surface area contributed by atoms with Crippen LogP contribution in [0, 0.1) is 13.8 Å².